The summed E-state index contributed by atoms with van der Waals surface area (Å²) in [5, 5.41) is 12.7. The van der Waals surface area contributed by atoms with Crippen LogP contribution in [0.5, 0.6) is 0 Å². The molecule has 3 N–H and O–H groups in total. The van der Waals surface area contributed by atoms with Crippen molar-refractivity contribution in [1.29, 1.82) is 0 Å². The fourth-order valence-electron chi connectivity index (χ4n) is 2.80. The van der Waals surface area contributed by atoms with Gasteiger partial charge in [0, 0.05) is 18.8 Å². The smallest absolute Gasteiger partial charge is 0.315 e. The monoisotopic (exact) mass is 412 g/mol. The van der Waals surface area contributed by atoms with Gasteiger partial charge in [0.15, 0.2) is 5.76 Å². The van der Waals surface area contributed by atoms with E-state index in [2.05, 4.69) is 32.3 Å². The number of benzene rings is 1. The zero-order chi connectivity index (χ0) is 20.6. The number of nitrogens with one attached hydrogen (secondary N) is 3. The van der Waals surface area contributed by atoms with Crippen molar-refractivity contribution in [3.63, 3.8) is 0 Å². The topological polar surface area (TPSA) is 86.6 Å². The van der Waals surface area contributed by atoms with Gasteiger partial charge in [0.1, 0.15) is 0 Å². The van der Waals surface area contributed by atoms with Crippen LogP contribution < -0.4 is 16.0 Å². The summed E-state index contributed by atoms with van der Waals surface area (Å²) in [4.78, 5) is 26.2. The molecule has 2 aromatic heterocycles. The highest BCUT2D eigenvalue weighted by Crippen LogP contribution is 2.20. The van der Waals surface area contributed by atoms with E-state index in [-0.39, 0.29) is 23.7 Å². The summed E-state index contributed by atoms with van der Waals surface area (Å²) in [6.07, 6.45) is 1.45. The van der Waals surface area contributed by atoms with Crippen LogP contribution in [0.15, 0.2) is 63.9 Å². The highest BCUT2D eigenvalue weighted by Gasteiger charge is 2.15. The van der Waals surface area contributed by atoms with Crippen LogP contribution in [0, 0.1) is 0 Å². The molecule has 0 saturated carbocycles. The predicted octanol–water partition coefficient (Wildman–Crippen LogP) is 3.70. The maximum atomic E-state index is 12.2. The van der Waals surface area contributed by atoms with E-state index in [0.717, 1.165) is 5.56 Å². The van der Waals surface area contributed by atoms with Crippen molar-refractivity contribution in [2.75, 3.05) is 26.0 Å². The van der Waals surface area contributed by atoms with Gasteiger partial charge < -0.3 is 25.3 Å². The van der Waals surface area contributed by atoms with Crippen LogP contribution >= 0.6 is 11.3 Å². The average molecular weight is 413 g/mol. The third kappa shape index (κ3) is 5.94. The van der Waals surface area contributed by atoms with E-state index < -0.39 is 0 Å². The number of carbonyl (C=O) groups is 2. The summed E-state index contributed by atoms with van der Waals surface area (Å²) in [6.45, 7) is 0.913. The van der Waals surface area contributed by atoms with Crippen LogP contribution in [0.25, 0.3) is 0 Å². The minimum atomic E-state index is -0.304. The standard InChI is InChI=1S/C21H24N4O3S/c1-25(2)18(16-9-11-29-14-16)13-23-21(27)22-12-15-5-7-17(8-6-15)24-20(26)19-4-3-10-28-19/h3-11,14,18H,12-13H2,1-2H3,(H,24,26)(H2,22,23,27). The van der Waals surface area contributed by atoms with Gasteiger partial charge in [-0.15, -0.1) is 0 Å². The lowest BCUT2D eigenvalue weighted by Crippen LogP contribution is -2.40. The largest absolute Gasteiger partial charge is 0.459 e. The second-order valence-electron chi connectivity index (χ2n) is 6.73. The van der Waals surface area contributed by atoms with E-state index in [1.54, 1.807) is 35.6 Å². The zero-order valence-corrected chi connectivity index (χ0v) is 17.2. The Kier molecular flexibility index (Phi) is 7.04. The molecule has 0 spiro atoms. The fourth-order valence-corrected chi connectivity index (χ4v) is 3.51. The van der Waals surface area contributed by atoms with Crippen LogP contribution in [0.2, 0.25) is 0 Å². The van der Waals surface area contributed by atoms with Gasteiger partial charge in [0.25, 0.3) is 5.91 Å². The number of furan rings is 1. The molecule has 3 amide bonds. The molecule has 29 heavy (non-hydrogen) atoms. The Labute approximate surface area is 173 Å². The van der Waals surface area contributed by atoms with Crippen LogP contribution in [-0.4, -0.2) is 37.5 Å². The molecule has 0 fully saturated rings. The number of likely N-dealkylation sites (N-methyl/N-ethyl adjacent to an activating group) is 1. The number of anilines is 1. The Bertz CT molecular complexity index is 906. The first-order valence-electron chi connectivity index (χ1n) is 9.17. The van der Waals surface area contributed by atoms with E-state index in [0.29, 0.717) is 18.8 Å². The maximum Gasteiger partial charge on any atom is 0.315 e. The summed E-state index contributed by atoms with van der Waals surface area (Å²) < 4.78 is 5.07. The van der Waals surface area contributed by atoms with Crippen molar-refractivity contribution >= 4 is 29.0 Å². The van der Waals surface area contributed by atoms with Crippen molar-refractivity contribution in [3.8, 4) is 0 Å². The van der Waals surface area contributed by atoms with Crippen molar-refractivity contribution in [2.45, 2.75) is 12.6 Å². The minimum absolute atomic E-state index is 0.129. The summed E-state index contributed by atoms with van der Waals surface area (Å²) in [5.41, 5.74) is 2.77. The number of hydrogen-bond acceptors (Lipinski definition) is 5. The summed E-state index contributed by atoms with van der Waals surface area (Å²) in [6, 6.07) is 12.5. The number of nitrogens with zero attached hydrogens (tertiary/aromatic N) is 1. The Hall–Kier alpha value is -3.10. The van der Waals surface area contributed by atoms with Gasteiger partial charge in [-0.3, -0.25) is 4.79 Å². The number of urea groups is 1. The van der Waals surface area contributed by atoms with Crippen LogP contribution in [0.4, 0.5) is 10.5 Å². The number of thiophene rings is 1. The molecule has 3 aromatic rings. The molecule has 3 rings (SSSR count). The molecule has 0 radical (unpaired) electrons. The van der Waals surface area contributed by atoms with E-state index in [1.807, 2.05) is 31.6 Å². The SMILES string of the molecule is CN(C)C(CNC(=O)NCc1ccc(NC(=O)c2ccco2)cc1)c1ccsc1. The second-order valence-corrected chi connectivity index (χ2v) is 7.51. The highest BCUT2D eigenvalue weighted by molar-refractivity contribution is 7.07. The zero-order valence-electron chi connectivity index (χ0n) is 16.3. The van der Waals surface area contributed by atoms with E-state index in [1.165, 1.54) is 11.8 Å². The highest BCUT2D eigenvalue weighted by atomic mass is 32.1. The van der Waals surface area contributed by atoms with Crippen LogP contribution in [-0.2, 0) is 6.54 Å². The quantitative estimate of drug-likeness (QED) is 0.527. The van der Waals surface area contributed by atoms with E-state index in [9.17, 15) is 9.59 Å². The molecule has 7 nitrogen and oxygen atoms in total. The van der Waals surface area contributed by atoms with Crippen LogP contribution in [0.1, 0.15) is 27.7 Å². The van der Waals surface area contributed by atoms with E-state index >= 15 is 0 Å². The molecule has 2 heterocycles. The summed E-state index contributed by atoms with van der Waals surface area (Å²) in [7, 11) is 3.99. The van der Waals surface area contributed by atoms with Crippen molar-refractivity contribution in [1.82, 2.24) is 15.5 Å². The molecule has 0 aliphatic heterocycles. The number of amides is 3. The summed E-state index contributed by atoms with van der Waals surface area (Å²) in [5.74, 6) is -0.0489. The fraction of sp³-hybridized carbons (Fsp3) is 0.238. The lowest BCUT2D eigenvalue weighted by Gasteiger charge is -2.24. The van der Waals surface area contributed by atoms with Crippen molar-refractivity contribution in [2.24, 2.45) is 0 Å². The number of rotatable bonds is 8. The second kappa shape index (κ2) is 9.90. The molecular weight excluding hydrogens is 388 g/mol. The third-order valence-corrected chi connectivity index (χ3v) is 5.12. The molecule has 1 atom stereocenters. The third-order valence-electron chi connectivity index (χ3n) is 4.42. The molecule has 1 aromatic carbocycles. The van der Waals surface area contributed by atoms with Gasteiger partial charge >= 0.3 is 6.03 Å². The first kappa shape index (κ1) is 20.6. The Morgan fingerprint density at radius 2 is 1.90 bits per heavy atom. The Morgan fingerprint density at radius 3 is 2.52 bits per heavy atom. The predicted molar refractivity (Wildman–Crippen MR) is 114 cm³/mol. The number of carbonyl (C=O) groups excluding carboxylic acids is 2. The Balaban J connectivity index is 1.44. The summed E-state index contributed by atoms with van der Waals surface area (Å²) >= 11 is 1.64. The molecule has 0 aliphatic rings. The Morgan fingerprint density at radius 1 is 1.10 bits per heavy atom. The normalized spacial score (nSPS) is 11.8. The lowest BCUT2D eigenvalue weighted by atomic mass is 10.1. The molecule has 8 heteroatoms. The molecule has 0 saturated heterocycles. The maximum absolute atomic E-state index is 12.2. The number of hydrogen-bond donors (Lipinski definition) is 3. The first-order chi connectivity index (χ1) is 14.0. The molecule has 0 aliphatic carbocycles. The van der Waals surface area contributed by atoms with Gasteiger partial charge in [0.05, 0.1) is 12.3 Å². The minimum Gasteiger partial charge on any atom is -0.459 e. The van der Waals surface area contributed by atoms with Gasteiger partial charge in [-0.25, -0.2) is 4.79 Å². The van der Waals surface area contributed by atoms with Crippen LogP contribution in [0.3, 0.4) is 0 Å². The molecule has 1 unspecified atom stereocenters. The molecular formula is C21H24N4O3S. The van der Waals surface area contributed by atoms with Crippen molar-refractivity contribution in [3.05, 3.63) is 76.4 Å². The average Bonchev–Trinajstić information content (AvgIpc) is 3.41. The van der Waals surface area contributed by atoms with Gasteiger partial charge in [-0.1, -0.05) is 12.1 Å². The van der Waals surface area contributed by atoms with Gasteiger partial charge in [-0.05, 0) is 66.3 Å². The van der Waals surface area contributed by atoms with E-state index in [4.69, 9.17) is 4.42 Å². The van der Waals surface area contributed by atoms with Crippen molar-refractivity contribution < 1.29 is 14.0 Å². The lowest BCUT2D eigenvalue weighted by molar-refractivity contribution is 0.0996. The first-order valence-corrected chi connectivity index (χ1v) is 10.1. The van der Waals surface area contributed by atoms with Gasteiger partial charge in [-0.2, -0.15) is 11.3 Å². The molecule has 152 valence electrons. The van der Waals surface area contributed by atoms with Gasteiger partial charge in [0.2, 0.25) is 0 Å². The molecule has 0 bridgehead atoms.